The Kier molecular flexibility index (Phi) is 4.31. The van der Waals surface area contributed by atoms with Gasteiger partial charge >= 0.3 is 5.97 Å². The van der Waals surface area contributed by atoms with Crippen molar-refractivity contribution in [1.29, 1.82) is 0 Å². The van der Waals surface area contributed by atoms with Crippen molar-refractivity contribution in [2.45, 2.75) is 33.0 Å². The van der Waals surface area contributed by atoms with Gasteiger partial charge in [0.1, 0.15) is 0 Å². The van der Waals surface area contributed by atoms with E-state index in [1.807, 2.05) is 38.1 Å². The highest BCUT2D eigenvalue weighted by atomic mass is 16.5. The Hall–Kier alpha value is -1.35. The largest absolute Gasteiger partial charge is 0.481 e. The van der Waals surface area contributed by atoms with Crippen LogP contribution in [-0.4, -0.2) is 17.2 Å². The van der Waals surface area contributed by atoms with Crippen molar-refractivity contribution in [3.63, 3.8) is 0 Å². The Bertz CT molecular complexity index is 331. The van der Waals surface area contributed by atoms with E-state index in [9.17, 15) is 4.79 Å². The smallest absolute Gasteiger partial charge is 0.307 e. The zero-order valence-electron chi connectivity index (χ0n) is 9.06. The molecule has 1 aromatic carbocycles. The van der Waals surface area contributed by atoms with Gasteiger partial charge in [0.15, 0.2) is 0 Å². The van der Waals surface area contributed by atoms with Crippen LogP contribution in [0.2, 0.25) is 0 Å². The van der Waals surface area contributed by atoms with E-state index in [1.54, 1.807) is 0 Å². The van der Waals surface area contributed by atoms with E-state index in [1.165, 1.54) is 0 Å². The Morgan fingerprint density at radius 2 is 1.93 bits per heavy atom. The van der Waals surface area contributed by atoms with Crippen LogP contribution < -0.4 is 0 Å². The van der Waals surface area contributed by atoms with Crippen LogP contribution in [0.15, 0.2) is 24.3 Å². The van der Waals surface area contributed by atoms with E-state index < -0.39 is 5.97 Å². The average molecular weight is 208 g/mol. The third kappa shape index (κ3) is 4.13. The van der Waals surface area contributed by atoms with Crippen molar-refractivity contribution >= 4 is 5.97 Å². The van der Waals surface area contributed by atoms with E-state index in [0.29, 0.717) is 6.61 Å². The van der Waals surface area contributed by atoms with Gasteiger partial charge in [0.05, 0.1) is 19.1 Å². The Labute approximate surface area is 89.7 Å². The number of carboxylic acids is 1. The molecule has 0 radical (unpaired) electrons. The van der Waals surface area contributed by atoms with Gasteiger partial charge in [-0.1, -0.05) is 24.3 Å². The monoisotopic (exact) mass is 208 g/mol. The number of aliphatic carboxylic acids is 1. The summed E-state index contributed by atoms with van der Waals surface area (Å²) in [5, 5.41) is 8.73. The molecule has 0 saturated carbocycles. The molecule has 0 bridgehead atoms. The molecule has 0 spiro atoms. The summed E-state index contributed by atoms with van der Waals surface area (Å²) in [6.45, 7) is 4.39. The maximum atomic E-state index is 10.6. The van der Waals surface area contributed by atoms with E-state index in [4.69, 9.17) is 9.84 Å². The first-order chi connectivity index (χ1) is 7.09. The van der Waals surface area contributed by atoms with Crippen LogP contribution in [0.1, 0.15) is 25.0 Å². The lowest BCUT2D eigenvalue weighted by molar-refractivity contribution is -0.136. The van der Waals surface area contributed by atoms with Gasteiger partial charge in [0, 0.05) is 0 Å². The zero-order valence-corrected chi connectivity index (χ0v) is 9.06. The molecule has 1 N–H and O–H groups in total. The molecule has 1 rings (SSSR count). The minimum Gasteiger partial charge on any atom is -0.481 e. The highest BCUT2D eigenvalue weighted by molar-refractivity contribution is 5.70. The van der Waals surface area contributed by atoms with Gasteiger partial charge in [0.2, 0.25) is 0 Å². The van der Waals surface area contributed by atoms with Gasteiger partial charge < -0.3 is 9.84 Å². The molecule has 15 heavy (non-hydrogen) atoms. The fourth-order valence-electron chi connectivity index (χ4n) is 1.29. The van der Waals surface area contributed by atoms with Crippen molar-refractivity contribution in [1.82, 2.24) is 0 Å². The van der Waals surface area contributed by atoms with Gasteiger partial charge in [-0.3, -0.25) is 4.79 Å². The van der Waals surface area contributed by atoms with Gasteiger partial charge in [-0.2, -0.15) is 0 Å². The number of carboxylic acid groups (broad SMARTS) is 1. The summed E-state index contributed by atoms with van der Waals surface area (Å²) in [7, 11) is 0. The summed E-state index contributed by atoms with van der Waals surface area (Å²) < 4.78 is 5.46. The summed E-state index contributed by atoms with van der Waals surface area (Å²) in [5.41, 5.74) is 1.78. The molecule has 3 nitrogen and oxygen atoms in total. The molecular formula is C12H16O3. The predicted octanol–water partition coefficient (Wildman–Crippen LogP) is 2.24. The first kappa shape index (κ1) is 11.7. The highest BCUT2D eigenvalue weighted by Gasteiger charge is 2.06. The maximum Gasteiger partial charge on any atom is 0.307 e. The number of hydrogen-bond donors (Lipinski definition) is 1. The van der Waals surface area contributed by atoms with Crippen LogP contribution in [0.4, 0.5) is 0 Å². The SMILES string of the molecule is CC(C)OCc1ccccc1CC(=O)O. The van der Waals surface area contributed by atoms with Crippen molar-refractivity contribution < 1.29 is 14.6 Å². The summed E-state index contributed by atoms with van der Waals surface area (Å²) in [4.78, 5) is 10.6. The minimum absolute atomic E-state index is 0.0532. The summed E-state index contributed by atoms with van der Waals surface area (Å²) in [5.74, 6) is -0.813. The lowest BCUT2D eigenvalue weighted by Gasteiger charge is -2.10. The van der Waals surface area contributed by atoms with Crippen LogP contribution in [0.5, 0.6) is 0 Å². The first-order valence-corrected chi connectivity index (χ1v) is 4.99. The number of carbonyl (C=O) groups is 1. The van der Waals surface area contributed by atoms with Crippen molar-refractivity contribution in [3.8, 4) is 0 Å². The fourth-order valence-corrected chi connectivity index (χ4v) is 1.29. The summed E-state index contributed by atoms with van der Waals surface area (Å²) in [6.07, 6.45) is 0.209. The predicted molar refractivity (Wildman–Crippen MR) is 57.7 cm³/mol. The van der Waals surface area contributed by atoms with Crippen molar-refractivity contribution in [3.05, 3.63) is 35.4 Å². The standard InChI is InChI=1S/C12H16O3/c1-9(2)15-8-11-6-4-3-5-10(11)7-12(13)14/h3-6,9H,7-8H2,1-2H3,(H,13,14). The normalized spacial score (nSPS) is 10.6. The number of ether oxygens (including phenoxy) is 1. The molecule has 0 unspecified atom stereocenters. The second-order valence-corrected chi connectivity index (χ2v) is 3.70. The second kappa shape index (κ2) is 5.51. The summed E-state index contributed by atoms with van der Waals surface area (Å²) in [6, 6.07) is 7.47. The minimum atomic E-state index is -0.813. The molecule has 0 saturated heterocycles. The molecule has 0 aromatic heterocycles. The van der Waals surface area contributed by atoms with E-state index in [2.05, 4.69) is 0 Å². The first-order valence-electron chi connectivity index (χ1n) is 4.99. The molecule has 0 aliphatic heterocycles. The van der Waals surface area contributed by atoms with Gasteiger partial charge in [-0.15, -0.1) is 0 Å². The molecule has 0 aliphatic rings. The Morgan fingerprint density at radius 3 is 2.47 bits per heavy atom. The van der Waals surface area contributed by atoms with Crippen LogP contribution in [0, 0.1) is 0 Å². The highest BCUT2D eigenvalue weighted by Crippen LogP contribution is 2.11. The molecule has 1 aromatic rings. The van der Waals surface area contributed by atoms with Crippen molar-refractivity contribution in [2.24, 2.45) is 0 Å². The summed E-state index contributed by atoms with van der Waals surface area (Å²) >= 11 is 0. The molecule has 82 valence electrons. The van der Waals surface area contributed by atoms with Gasteiger partial charge in [-0.25, -0.2) is 0 Å². The Morgan fingerprint density at radius 1 is 1.33 bits per heavy atom. The van der Waals surface area contributed by atoms with E-state index in [-0.39, 0.29) is 12.5 Å². The molecule has 0 amide bonds. The van der Waals surface area contributed by atoms with E-state index >= 15 is 0 Å². The zero-order chi connectivity index (χ0) is 11.3. The van der Waals surface area contributed by atoms with Crippen LogP contribution >= 0.6 is 0 Å². The molecular weight excluding hydrogens is 192 g/mol. The van der Waals surface area contributed by atoms with Crippen LogP contribution in [-0.2, 0) is 22.6 Å². The lowest BCUT2D eigenvalue weighted by atomic mass is 10.1. The number of hydrogen-bond acceptors (Lipinski definition) is 2. The van der Waals surface area contributed by atoms with E-state index in [0.717, 1.165) is 11.1 Å². The number of benzene rings is 1. The molecule has 0 atom stereocenters. The maximum absolute atomic E-state index is 10.6. The third-order valence-electron chi connectivity index (χ3n) is 2.03. The van der Waals surface area contributed by atoms with Crippen LogP contribution in [0.25, 0.3) is 0 Å². The topological polar surface area (TPSA) is 46.5 Å². The third-order valence-corrected chi connectivity index (χ3v) is 2.03. The van der Waals surface area contributed by atoms with Crippen molar-refractivity contribution in [2.75, 3.05) is 0 Å². The molecule has 0 heterocycles. The average Bonchev–Trinajstić information content (AvgIpc) is 2.15. The lowest BCUT2D eigenvalue weighted by Crippen LogP contribution is -2.07. The van der Waals surface area contributed by atoms with Gasteiger partial charge in [-0.05, 0) is 25.0 Å². The molecule has 3 heteroatoms. The Balaban J connectivity index is 2.72. The molecule has 0 fully saturated rings. The van der Waals surface area contributed by atoms with Crippen LogP contribution in [0.3, 0.4) is 0 Å². The van der Waals surface area contributed by atoms with Gasteiger partial charge in [0.25, 0.3) is 0 Å². The molecule has 0 aliphatic carbocycles. The number of rotatable bonds is 5. The fraction of sp³-hybridized carbons (Fsp3) is 0.417. The second-order valence-electron chi connectivity index (χ2n) is 3.70. The quantitative estimate of drug-likeness (QED) is 0.807.